The predicted molar refractivity (Wildman–Crippen MR) is 96.2 cm³/mol. The van der Waals surface area contributed by atoms with Crippen LogP contribution in [0.3, 0.4) is 0 Å². The zero-order chi connectivity index (χ0) is 19.3. The van der Waals surface area contributed by atoms with Gasteiger partial charge in [-0.3, -0.25) is 9.10 Å². The third-order valence-corrected chi connectivity index (χ3v) is 4.87. The van der Waals surface area contributed by atoms with E-state index in [9.17, 15) is 22.0 Å². The predicted octanol–water partition coefficient (Wildman–Crippen LogP) is 2.75. The molecule has 140 valence electrons. The number of halogens is 2. The van der Waals surface area contributed by atoms with E-state index in [1.54, 1.807) is 0 Å². The topological polar surface area (TPSA) is 66.5 Å². The smallest absolute Gasteiger partial charge is 0.232 e. The number of carbonyl (C=O) groups excluding carboxylic acids is 1. The number of benzene rings is 2. The van der Waals surface area contributed by atoms with Gasteiger partial charge in [0.1, 0.15) is 5.69 Å². The van der Waals surface area contributed by atoms with Crippen molar-refractivity contribution in [2.24, 2.45) is 0 Å². The molecule has 0 aromatic heterocycles. The van der Waals surface area contributed by atoms with Crippen molar-refractivity contribution < 1.29 is 22.0 Å². The molecular formula is C18H20F2N2O3S. The van der Waals surface area contributed by atoms with E-state index >= 15 is 0 Å². The zero-order valence-electron chi connectivity index (χ0n) is 14.5. The van der Waals surface area contributed by atoms with Crippen LogP contribution in [0.2, 0.25) is 0 Å². The van der Waals surface area contributed by atoms with E-state index in [1.165, 1.54) is 0 Å². The first-order chi connectivity index (χ1) is 12.2. The molecule has 1 N–H and O–H groups in total. The van der Waals surface area contributed by atoms with Crippen LogP contribution in [0.25, 0.3) is 0 Å². The van der Waals surface area contributed by atoms with Crippen LogP contribution in [0.4, 0.5) is 14.5 Å². The molecule has 8 heteroatoms. The van der Waals surface area contributed by atoms with Crippen LogP contribution in [0.5, 0.6) is 0 Å². The molecule has 0 fully saturated rings. The number of aryl methyl sites for hydroxylation is 1. The number of para-hydroxylation sites is 1. The van der Waals surface area contributed by atoms with Crippen LogP contribution in [-0.4, -0.2) is 27.1 Å². The molecule has 0 saturated carbocycles. The van der Waals surface area contributed by atoms with E-state index in [1.807, 2.05) is 31.2 Å². The molecule has 0 heterocycles. The van der Waals surface area contributed by atoms with Gasteiger partial charge >= 0.3 is 0 Å². The lowest BCUT2D eigenvalue weighted by Crippen LogP contribution is -2.35. The lowest BCUT2D eigenvalue weighted by Gasteiger charge is -2.23. The summed E-state index contributed by atoms with van der Waals surface area (Å²) in [6.45, 7) is 1.85. The van der Waals surface area contributed by atoms with Gasteiger partial charge in [0, 0.05) is 19.5 Å². The molecule has 26 heavy (non-hydrogen) atoms. The average molecular weight is 382 g/mol. The summed E-state index contributed by atoms with van der Waals surface area (Å²) in [5, 5.41) is 2.67. The van der Waals surface area contributed by atoms with Crippen molar-refractivity contribution in [3.63, 3.8) is 0 Å². The zero-order valence-corrected chi connectivity index (χ0v) is 15.3. The Labute approximate surface area is 151 Å². The van der Waals surface area contributed by atoms with Gasteiger partial charge in [-0.05, 0) is 24.6 Å². The highest BCUT2D eigenvalue weighted by molar-refractivity contribution is 7.92. The summed E-state index contributed by atoms with van der Waals surface area (Å²) in [5.74, 6) is -2.43. The van der Waals surface area contributed by atoms with Crippen molar-refractivity contribution in [3.05, 3.63) is 65.2 Å². The van der Waals surface area contributed by atoms with Crippen LogP contribution in [0.1, 0.15) is 17.5 Å². The number of rotatable bonds is 7. The minimum Gasteiger partial charge on any atom is -0.352 e. The molecule has 2 aromatic carbocycles. The first-order valence-electron chi connectivity index (χ1n) is 7.92. The van der Waals surface area contributed by atoms with Crippen LogP contribution >= 0.6 is 0 Å². The van der Waals surface area contributed by atoms with E-state index in [2.05, 4.69) is 5.32 Å². The summed E-state index contributed by atoms with van der Waals surface area (Å²) in [4.78, 5) is 12.0. The average Bonchev–Trinajstić information content (AvgIpc) is 2.54. The maximum atomic E-state index is 13.9. The third kappa shape index (κ3) is 5.26. The second-order valence-electron chi connectivity index (χ2n) is 5.92. The van der Waals surface area contributed by atoms with E-state index in [0.717, 1.165) is 35.6 Å². The van der Waals surface area contributed by atoms with Crippen molar-refractivity contribution in [3.8, 4) is 0 Å². The van der Waals surface area contributed by atoms with Gasteiger partial charge in [-0.1, -0.05) is 35.9 Å². The fourth-order valence-electron chi connectivity index (χ4n) is 2.48. The normalized spacial score (nSPS) is 11.2. The molecular weight excluding hydrogens is 362 g/mol. The number of anilines is 1. The summed E-state index contributed by atoms with van der Waals surface area (Å²) in [6.07, 6.45) is 0.607. The monoisotopic (exact) mass is 382 g/mol. The molecule has 0 spiro atoms. The Morgan fingerprint density at radius 2 is 1.73 bits per heavy atom. The molecule has 1 amide bonds. The Kier molecular flexibility index (Phi) is 6.31. The molecule has 0 saturated heterocycles. The maximum absolute atomic E-state index is 13.9. The molecule has 0 radical (unpaired) electrons. The Balaban J connectivity index is 2.05. The first kappa shape index (κ1) is 19.8. The molecule has 2 aromatic rings. The molecule has 0 atom stereocenters. The summed E-state index contributed by atoms with van der Waals surface area (Å²) >= 11 is 0. The molecule has 0 unspecified atom stereocenters. The minimum atomic E-state index is -3.96. The molecule has 2 rings (SSSR count). The van der Waals surface area contributed by atoms with Crippen LogP contribution in [-0.2, 0) is 21.4 Å². The Morgan fingerprint density at radius 1 is 1.12 bits per heavy atom. The van der Waals surface area contributed by atoms with Crippen molar-refractivity contribution >= 4 is 21.6 Å². The summed E-state index contributed by atoms with van der Waals surface area (Å²) < 4.78 is 52.3. The molecule has 0 aliphatic rings. The summed E-state index contributed by atoms with van der Waals surface area (Å²) in [6, 6.07) is 10.6. The second kappa shape index (κ2) is 8.27. The third-order valence-electron chi connectivity index (χ3n) is 3.70. The van der Waals surface area contributed by atoms with Gasteiger partial charge in [-0.2, -0.15) is 0 Å². The van der Waals surface area contributed by atoms with E-state index < -0.39 is 33.3 Å². The van der Waals surface area contributed by atoms with Crippen molar-refractivity contribution in [2.45, 2.75) is 19.9 Å². The first-order valence-corrected chi connectivity index (χ1v) is 9.77. The van der Waals surface area contributed by atoms with Crippen LogP contribution in [0, 0.1) is 18.6 Å². The van der Waals surface area contributed by atoms with Crippen molar-refractivity contribution in [1.82, 2.24) is 5.32 Å². The SMILES string of the molecule is Cc1cccc(CNC(=O)CCN(c2c(F)cccc2F)S(C)(=O)=O)c1. The summed E-state index contributed by atoms with van der Waals surface area (Å²) in [5.41, 5.74) is 1.27. The van der Waals surface area contributed by atoms with E-state index in [4.69, 9.17) is 0 Å². The number of carbonyl (C=O) groups is 1. The lowest BCUT2D eigenvalue weighted by atomic mass is 10.1. The fourth-order valence-corrected chi connectivity index (χ4v) is 3.41. The molecule has 0 bridgehead atoms. The molecule has 0 aliphatic heterocycles. The quantitative estimate of drug-likeness (QED) is 0.801. The Bertz CT molecular complexity index is 881. The minimum absolute atomic E-state index is 0.230. The number of hydrogen-bond acceptors (Lipinski definition) is 3. The van der Waals surface area contributed by atoms with Gasteiger partial charge in [-0.25, -0.2) is 17.2 Å². The van der Waals surface area contributed by atoms with Gasteiger partial charge in [-0.15, -0.1) is 0 Å². The number of nitrogens with zero attached hydrogens (tertiary/aromatic N) is 1. The second-order valence-corrected chi connectivity index (χ2v) is 7.83. The van der Waals surface area contributed by atoms with E-state index in [0.29, 0.717) is 4.31 Å². The van der Waals surface area contributed by atoms with Gasteiger partial charge in [0.05, 0.1) is 6.26 Å². The highest BCUT2D eigenvalue weighted by Crippen LogP contribution is 2.25. The highest BCUT2D eigenvalue weighted by Gasteiger charge is 2.24. The highest BCUT2D eigenvalue weighted by atomic mass is 32.2. The van der Waals surface area contributed by atoms with Gasteiger partial charge in [0.15, 0.2) is 11.6 Å². The molecule has 0 aliphatic carbocycles. The standard InChI is InChI=1S/C18H20F2N2O3S/c1-13-5-3-6-14(11-13)12-21-17(23)9-10-22(26(2,24)25)18-15(19)7-4-8-16(18)20/h3-8,11H,9-10,12H2,1-2H3,(H,21,23). The van der Waals surface area contributed by atoms with Crippen molar-refractivity contribution in [1.29, 1.82) is 0 Å². The van der Waals surface area contributed by atoms with Gasteiger partial charge in [0.25, 0.3) is 0 Å². The van der Waals surface area contributed by atoms with Gasteiger partial charge in [0.2, 0.25) is 15.9 Å². The number of amides is 1. The van der Waals surface area contributed by atoms with Crippen LogP contribution < -0.4 is 9.62 Å². The lowest BCUT2D eigenvalue weighted by molar-refractivity contribution is -0.121. The van der Waals surface area contributed by atoms with Gasteiger partial charge < -0.3 is 5.32 Å². The summed E-state index contributed by atoms with van der Waals surface area (Å²) in [7, 11) is -3.96. The maximum Gasteiger partial charge on any atom is 0.232 e. The number of hydrogen-bond donors (Lipinski definition) is 1. The Morgan fingerprint density at radius 3 is 2.31 bits per heavy atom. The van der Waals surface area contributed by atoms with E-state index in [-0.39, 0.29) is 19.5 Å². The van der Waals surface area contributed by atoms with Crippen molar-refractivity contribution in [2.75, 3.05) is 17.1 Å². The largest absolute Gasteiger partial charge is 0.352 e. The number of sulfonamides is 1. The Hall–Kier alpha value is -2.48. The fraction of sp³-hybridized carbons (Fsp3) is 0.278. The number of nitrogens with one attached hydrogen (secondary N) is 1. The van der Waals surface area contributed by atoms with Crippen LogP contribution in [0.15, 0.2) is 42.5 Å². The molecule has 5 nitrogen and oxygen atoms in total.